The molecule has 0 heterocycles. The van der Waals surface area contributed by atoms with Crippen molar-refractivity contribution in [3.8, 4) is 5.75 Å². The number of hydrogen-bond acceptors (Lipinski definition) is 5. The van der Waals surface area contributed by atoms with Gasteiger partial charge < -0.3 is 15.0 Å². The number of rotatable bonds is 14. The summed E-state index contributed by atoms with van der Waals surface area (Å²) < 4.78 is 34.8. The molecule has 0 saturated carbocycles. The lowest BCUT2D eigenvalue weighted by molar-refractivity contribution is -0.140. The average molecular weight is 648 g/mol. The highest BCUT2D eigenvalue weighted by Gasteiger charge is 2.34. The topological polar surface area (TPSA) is 96.0 Å². The molecule has 1 atom stereocenters. The Labute approximate surface area is 270 Å². The van der Waals surface area contributed by atoms with Gasteiger partial charge >= 0.3 is 0 Å². The van der Waals surface area contributed by atoms with Gasteiger partial charge in [-0.2, -0.15) is 0 Å². The first-order valence-electron chi connectivity index (χ1n) is 14.8. The molecule has 236 valence electrons. The Morgan fingerprint density at radius 1 is 0.822 bits per heavy atom. The molecule has 0 aliphatic carbocycles. The van der Waals surface area contributed by atoms with Gasteiger partial charge in [0.2, 0.25) is 11.8 Å². The van der Waals surface area contributed by atoms with E-state index in [4.69, 9.17) is 16.3 Å². The highest BCUT2D eigenvalue weighted by molar-refractivity contribution is 7.92. The van der Waals surface area contributed by atoms with Crippen LogP contribution in [0.2, 0.25) is 5.02 Å². The number of carbonyl (C=O) groups is 2. The van der Waals surface area contributed by atoms with Crippen molar-refractivity contribution in [3.63, 3.8) is 0 Å². The van der Waals surface area contributed by atoms with Crippen molar-refractivity contribution in [2.45, 2.75) is 50.7 Å². The van der Waals surface area contributed by atoms with Crippen LogP contribution in [0.15, 0.2) is 114 Å². The SMILES string of the molecule is CCOc1ccc(N(CC(=O)N(Cc2ccccc2)[C@H](Cc2ccccc2)C(=O)NC(C)C)S(=O)(=O)c2ccc(Cl)cc2)cc1. The Balaban J connectivity index is 1.79. The number of amides is 2. The molecule has 0 unspecified atom stereocenters. The average Bonchev–Trinajstić information content (AvgIpc) is 3.03. The Morgan fingerprint density at radius 2 is 1.40 bits per heavy atom. The summed E-state index contributed by atoms with van der Waals surface area (Å²) in [5.74, 6) is -0.299. The summed E-state index contributed by atoms with van der Waals surface area (Å²) in [5.41, 5.74) is 1.94. The standard InChI is InChI=1S/C35H38ClN3O5S/c1-4-44-31-19-17-30(18-20-31)39(45(42,43)32-21-15-29(36)16-22-32)25-34(40)38(24-28-13-9-6-10-14-28)33(35(41)37-26(2)3)23-27-11-7-5-8-12-27/h5-22,26,33H,4,23-25H2,1-3H3,(H,37,41)/t33-/m1/s1. The van der Waals surface area contributed by atoms with Gasteiger partial charge in [0.1, 0.15) is 18.3 Å². The summed E-state index contributed by atoms with van der Waals surface area (Å²) >= 11 is 6.05. The van der Waals surface area contributed by atoms with Crippen molar-refractivity contribution in [1.82, 2.24) is 10.2 Å². The number of sulfonamides is 1. The fourth-order valence-electron chi connectivity index (χ4n) is 4.85. The summed E-state index contributed by atoms with van der Waals surface area (Å²) in [6, 6.07) is 30.0. The van der Waals surface area contributed by atoms with Crippen LogP contribution >= 0.6 is 11.6 Å². The molecule has 0 aliphatic rings. The fourth-order valence-corrected chi connectivity index (χ4v) is 6.39. The zero-order valence-electron chi connectivity index (χ0n) is 25.6. The Morgan fingerprint density at radius 3 is 1.96 bits per heavy atom. The molecule has 0 saturated heterocycles. The number of carbonyl (C=O) groups excluding carboxylic acids is 2. The zero-order chi connectivity index (χ0) is 32.4. The van der Waals surface area contributed by atoms with Crippen LogP contribution < -0.4 is 14.4 Å². The van der Waals surface area contributed by atoms with Crippen LogP contribution in [0, 0.1) is 0 Å². The first-order valence-corrected chi connectivity index (χ1v) is 16.6. The second kappa shape index (κ2) is 15.6. The first-order chi connectivity index (χ1) is 21.6. The number of nitrogens with one attached hydrogen (secondary N) is 1. The van der Waals surface area contributed by atoms with Crippen molar-refractivity contribution in [1.29, 1.82) is 0 Å². The molecule has 1 N–H and O–H groups in total. The van der Waals surface area contributed by atoms with Crippen LogP contribution in [-0.4, -0.2) is 50.4 Å². The molecule has 4 aromatic rings. The van der Waals surface area contributed by atoms with E-state index in [1.54, 1.807) is 24.3 Å². The van der Waals surface area contributed by atoms with Crippen molar-refractivity contribution in [2.75, 3.05) is 17.5 Å². The van der Waals surface area contributed by atoms with Crippen LogP contribution in [0.4, 0.5) is 5.69 Å². The van der Waals surface area contributed by atoms with Crippen molar-refractivity contribution < 1.29 is 22.7 Å². The fraction of sp³-hybridized carbons (Fsp3) is 0.257. The molecule has 0 fully saturated rings. The van der Waals surface area contributed by atoms with Gasteiger partial charge in [-0.15, -0.1) is 0 Å². The van der Waals surface area contributed by atoms with Crippen LogP contribution in [0.1, 0.15) is 31.9 Å². The summed E-state index contributed by atoms with van der Waals surface area (Å²) in [5, 5.41) is 3.34. The smallest absolute Gasteiger partial charge is 0.264 e. The predicted molar refractivity (Wildman–Crippen MR) is 178 cm³/mol. The van der Waals surface area contributed by atoms with E-state index in [-0.39, 0.29) is 35.5 Å². The minimum Gasteiger partial charge on any atom is -0.494 e. The normalized spacial score (nSPS) is 11.9. The minimum atomic E-state index is -4.24. The van der Waals surface area contributed by atoms with Gasteiger partial charge in [0.25, 0.3) is 10.0 Å². The molecule has 0 radical (unpaired) electrons. The van der Waals surface area contributed by atoms with E-state index >= 15 is 0 Å². The lowest BCUT2D eigenvalue weighted by Crippen LogP contribution is -2.54. The lowest BCUT2D eigenvalue weighted by atomic mass is 10.0. The lowest BCUT2D eigenvalue weighted by Gasteiger charge is -2.34. The molecule has 2 amide bonds. The highest BCUT2D eigenvalue weighted by Crippen LogP contribution is 2.28. The molecular formula is C35H38ClN3O5S. The van der Waals surface area contributed by atoms with Gasteiger partial charge in [-0.1, -0.05) is 72.3 Å². The number of hydrogen-bond donors (Lipinski definition) is 1. The van der Waals surface area contributed by atoms with Crippen LogP contribution in [0.25, 0.3) is 0 Å². The molecule has 10 heteroatoms. The van der Waals surface area contributed by atoms with E-state index in [9.17, 15) is 18.0 Å². The van der Waals surface area contributed by atoms with Gasteiger partial charge in [0, 0.05) is 24.0 Å². The number of anilines is 1. The summed E-state index contributed by atoms with van der Waals surface area (Å²) in [7, 11) is -4.24. The van der Waals surface area contributed by atoms with Gasteiger partial charge in [0.05, 0.1) is 17.2 Å². The highest BCUT2D eigenvalue weighted by atomic mass is 35.5. The maximum absolute atomic E-state index is 14.4. The van der Waals surface area contributed by atoms with Crippen LogP contribution in [0.3, 0.4) is 0 Å². The van der Waals surface area contributed by atoms with E-state index in [1.165, 1.54) is 29.2 Å². The summed E-state index contributed by atoms with van der Waals surface area (Å²) in [6.07, 6.45) is 0.241. The Kier molecular flexibility index (Phi) is 11.6. The zero-order valence-corrected chi connectivity index (χ0v) is 27.2. The Hall–Kier alpha value is -4.34. The maximum Gasteiger partial charge on any atom is 0.264 e. The van der Waals surface area contributed by atoms with E-state index in [0.29, 0.717) is 17.4 Å². The monoisotopic (exact) mass is 647 g/mol. The molecule has 0 aliphatic heterocycles. The predicted octanol–water partition coefficient (Wildman–Crippen LogP) is 6.10. The molecule has 8 nitrogen and oxygen atoms in total. The molecule has 0 spiro atoms. The Bertz CT molecular complexity index is 1650. The summed E-state index contributed by atoms with van der Waals surface area (Å²) in [6.45, 7) is 5.56. The van der Waals surface area contributed by atoms with Crippen molar-refractivity contribution in [3.05, 3.63) is 125 Å². The second-order valence-electron chi connectivity index (χ2n) is 10.8. The van der Waals surface area contributed by atoms with E-state index in [0.717, 1.165) is 15.4 Å². The number of nitrogens with zero attached hydrogens (tertiary/aromatic N) is 2. The molecule has 0 aromatic heterocycles. The quantitative estimate of drug-likeness (QED) is 0.179. The maximum atomic E-state index is 14.4. The number of benzene rings is 4. The molecule has 4 aromatic carbocycles. The first kappa shape index (κ1) is 33.6. The molecule has 4 rings (SSSR count). The third kappa shape index (κ3) is 9.09. The summed E-state index contributed by atoms with van der Waals surface area (Å²) in [4.78, 5) is 29.6. The van der Waals surface area contributed by atoms with E-state index < -0.39 is 28.5 Å². The van der Waals surface area contributed by atoms with E-state index in [1.807, 2.05) is 81.4 Å². The van der Waals surface area contributed by atoms with Crippen molar-refractivity contribution >= 4 is 39.1 Å². The second-order valence-corrected chi connectivity index (χ2v) is 13.1. The van der Waals surface area contributed by atoms with Gasteiger partial charge in [-0.3, -0.25) is 13.9 Å². The minimum absolute atomic E-state index is 0.0263. The number of ether oxygens (including phenoxy) is 1. The van der Waals surface area contributed by atoms with Crippen LogP contribution in [0.5, 0.6) is 5.75 Å². The third-order valence-corrected chi connectivity index (χ3v) is 9.05. The van der Waals surface area contributed by atoms with Gasteiger partial charge in [-0.05, 0) is 80.4 Å². The largest absolute Gasteiger partial charge is 0.494 e. The van der Waals surface area contributed by atoms with Gasteiger partial charge in [-0.25, -0.2) is 8.42 Å². The third-order valence-electron chi connectivity index (χ3n) is 7.01. The number of halogens is 1. The van der Waals surface area contributed by atoms with Gasteiger partial charge in [0.15, 0.2) is 0 Å². The molecule has 45 heavy (non-hydrogen) atoms. The van der Waals surface area contributed by atoms with E-state index in [2.05, 4.69) is 5.32 Å². The molecular weight excluding hydrogens is 610 g/mol. The van der Waals surface area contributed by atoms with Crippen molar-refractivity contribution in [2.24, 2.45) is 0 Å². The van der Waals surface area contributed by atoms with Crippen LogP contribution in [-0.2, 0) is 32.6 Å². The molecule has 0 bridgehead atoms.